The van der Waals surface area contributed by atoms with Crippen LogP contribution in [0.5, 0.6) is 5.75 Å². The molecule has 1 N–H and O–H groups in total. The summed E-state index contributed by atoms with van der Waals surface area (Å²) in [6, 6.07) is 16.3. The number of rotatable bonds is 7. The van der Waals surface area contributed by atoms with Gasteiger partial charge in [-0.1, -0.05) is 37.3 Å². The molecule has 1 atom stereocenters. The number of nitrogens with zero attached hydrogens (tertiary/aromatic N) is 1. The van der Waals surface area contributed by atoms with Crippen molar-refractivity contribution < 1.29 is 14.6 Å². The van der Waals surface area contributed by atoms with Gasteiger partial charge in [-0.25, -0.2) is 0 Å². The highest BCUT2D eigenvalue weighted by molar-refractivity contribution is 6.08. The van der Waals surface area contributed by atoms with Gasteiger partial charge in [0, 0.05) is 17.7 Å². The highest BCUT2D eigenvalue weighted by Gasteiger charge is 2.18. The monoisotopic (exact) mass is 353 g/mol. The molecule has 1 aliphatic rings. The number of likely N-dealkylation sites (tertiary alicyclic amines) is 1. The van der Waals surface area contributed by atoms with Crippen LogP contribution in [0, 0.1) is 5.92 Å². The molecule has 0 aliphatic carbocycles. The van der Waals surface area contributed by atoms with E-state index in [4.69, 9.17) is 4.74 Å². The van der Waals surface area contributed by atoms with E-state index in [2.05, 4.69) is 11.8 Å². The number of piperidine rings is 1. The second-order valence-electron chi connectivity index (χ2n) is 7.17. The van der Waals surface area contributed by atoms with E-state index < -0.39 is 6.10 Å². The number of carbonyl (C=O) groups excluding carboxylic acids is 1. The van der Waals surface area contributed by atoms with E-state index in [9.17, 15) is 9.90 Å². The fourth-order valence-corrected chi connectivity index (χ4v) is 3.25. The summed E-state index contributed by atoms with van der Waals surface area (Å²) in [6.07, 6.45) is 1.89. The van der Waals surface area contributed by atoms with Crippen LogP contribution < -0.4 is 4.74 Å². The molecular formula is C22H27NO3. The van der Waals surface area contributed by atoms with Crippen LogP contribution in [0.15, 0.2) is 54.6 Å². The lowest BCUT2D eigenvalue weighted by Crippen LogP contribution is -2.40. The molecular weight excluding hydrogens is 326 g/mol. The molecule has 0 bridgehead atoms. The molecule has 4 nitrogen and oxygen atoms in total. The zero-order valence-electron chi connectivity index (χ0n) is 15.3. The minimum Gasteiger partial charge on any atom is -0.491 e. The summed E-state index contributed by atoms with van der Waals surface area (Å²) >= 11 is 0. The van der Waals surface area contributed by atoms with Crippen molar-refractivity contribution in [2.45, 2.75) is 25.9 Å². The number of hydrogen-bond donors (Lipinski definition) is 1. The lowest BCUT2D eigenvalue weighted by molar-refractivity contribution is 0.0563. The SMILES string of the molecule is CC1CCN(C[C@@H](O)COc2ccc(C(=O)c3ccccc3)cc2)CC1. The zero-order valence-corrected chi connectivity index (χ0v) is 15.3. The van der Waals surface area contributed by atoms with E-state index in [0.717, 1.165) is 19.0 Å². The van der Waals surface area contributed by atoms with E-state index in [1.165, 1.54) is 12.8 Å². The van der Waals surface area contributed by atoms with Crippen molar-refractivity contribution in [1.82, 2.24) is 4.90 Å². The van der Waals surface area contributed by atoms with Crippen molar-refractivity contribution in [2.75, 3.05) is 26.2 Å². The first-order valence-electron chi connectivity index (χ1n) is 9.35. The number of hydrogen-bond acceptors (Lipinski definition) is 4. The molecule has 138 valence electrons. The average molecular weight is 353 g/mol. The van der Waals surface area contributed by atoms with Gasteiger partial charge in [0.15, 0.2) is 5.78 Å². The Morgan fingerprint density at radius 1 is 1.08 bits per heavy atom. The number of aliphatic hydroxyl groups excluding tert-OH is 1. The lowest BCUT2D eigenvalue weighted by atomic mass is 9.99. The molecule has 0 saturated carbocycles. The van der Waals surface area contributed by atoms with Crippen LogP contribution in [0.3, 0.4) is 0 Å². The van der Waals surface area contributed by atoms with E-state index in [-0.39, 0.29) is 12.4 Å². The molecule has 1 heterocycles. The van der Waals surface area contributed by atoms with Gasteiger partial charge in [-0.3, -0.25) is 4.79 Å². The van der Waals surface area contributed by atoms with E-state index >= 15 is 0 Å². The maximum absolute atomic E-state index is 12.4. The van der Waals surface area contributed by atoms with Crippen molar-refractivity contribution in [1.29, 1.82) is 0 Å². The molecule has 1 saturated heterocycles. The fourth-order valence-electron chi connectivity index (χ4n) is 3.25. The number of ketones is 1. The third kappa shape index (κ3) is 5.16. The Morgan fingerprint density at radius 3 is 2.35 bits per heavy atom. The summed E-state index contributed by atoms with van der Waals surface area (Å²) in [5.41, 5.74) is 1.30. The van der Waals surface area contributed by atoms with Gasteiger partial charge in [0.2, 0.25) is 0 Å². The lowest BCUT2D eigenvalue weighted by Gasteiger charge is -2.31. The fraction of sp³-hybridized carbons (Fsp3) is 0.409. The second kappa shape index (κ2) is 8.97. The Hall–Kier alpha value is -2.17. The summed E-state index contributed by atoms with van der Waals surface area (Å²) in [6.45, 7) is 5.29. The van der Waals surface area contributed by atoms with Crippen LogP contribution in [0.4, 0.5) is 0 Å². The van der Waals surface area contributed by atoms with Gasteiger partial charge in [0.1, 0.15) is 18.5 Å². The van der Waals surface area contributed by atoms with Crippen molar-refractivity contribution in [3.05, 3.63) is 65.7 Å². The topological polar surface area (TPSA) is 49.8 Å². The molecule has 3 rings (SSSR count). The van der Waals surface area contributed by atoms with E-state index in [0.29, 0.717) is 23.4 Å². The summed E-state index contributed by atoms with van der Waals surface area (Å²) in [5, 5.41) is 10.2. The van der Waals surface area contributed by atoms with Crippen LogP contribution in [0.25, 0.3) is 0 Å². The zero-order chi connectivity index (χ0) is 18.4. The molecule has 0 amide bonds. The summed E-state index contributed by atoms with van der Waals surface area (Å²) in [7, 11) is 0. The van der Waals surface area contributed by atoms with Crippen LogP contribution in [0.1, 0.15) is 35.7 Å². The molecule has 1 fully saturated rings. The second-order valence-corrected chi connectivity index (χ2v) is 7.17. The smallest absolute Gasteiger partial charge is 0.193 e. The Balaban J connectivity index is 1.47. The molecule has 0 aromatic heterocycles. The molecule has 0 radical (unpaired) electrons. The standard InChI is InChI=1S/C22H27NO3/c1-17-11-13-23(14-12-17)15-20(24)16-26-21-9-7-19(8-10-21)22(25)18-5-3-2-4-6-18/h2-10,17,20,24H,11-16H2,1H3/t20-/m1/s1. The number of ether oxygens (including phenoxy) is 1. The first-order valence-corrected chi connectivity index (χ1v) is 9.35. The third-order valence-corrected chi connectivity index (χ3v) is 4.94. The van der Waals surface area contributed by atoms with Crippen LogP contribution >= 0.6 is 0 Å². The van der Waals surface area contributed by atoms with Crippen LogP contribution in [-0.2, 0) is 0 Å². The van der Waals surface area contributed by atoms with Gasteiger partial charge in [-0.2, -0.15) is 0 Å². The molecule has 2 aromatic carbocycles. The minimum absolute atomic E-state index is 0.00323. The van der Waals surface area contributed by atoms with E-state index in [1.807, 2.05) is 30.3 Å². The number of carbonyl (C=O) groups is 1. The number of aliphatic hydroxyl groups is 1. The Morgan fingerprint density at radius 2 is 1.69 bits per heavy atom. The molecule has 2 aromatic rings. The van der Waals surface area contributed by atoms with Gasteiger partial charge in [0.05, 0.1) is 0 Å². The van der Waals surface area contributed by atoms with Crippen LogP contribution in [-0.4, -0.2) is 48.1 Å². The number of β-amino-alcohol motifs (C(OH)–C–C–N with tert-alkyl or cyclic N) is 1. The van der Waals surface area contributed by atoms with E-state index in [1.54, 1.807) is 24.3 Å². The summed E-state index contributed by atoms with van der Waals surface area (Å²) in [5.74, 6) is 1.45. The molecule has 4 heteroatoms. The van der Waals surface area contributed by atoms with Crippen LogP contribution in [0.2, 0.25) is 0 Å². The average Bonchev–Trinajstić information content (AvgIpc) is 2.69. The van der Waals surface area contributed by atoms with Gasteiger partial charge in [-0.05, 0) is 56.1 Å². The first kappa shape index (κ1) is 18.6. The Kier molecular flexibility index (Phi) is 6.42. The third-order valence-electron chi connectivity index (χ3n) is 4.94. The summed E-state index contributed by atoms with van der Waals surface area (Å²) in [4.78, 5) is 14.7. The highest BCUT2D eigenvalue weighted by atomic mass is 16.5. The van der Waals surface area contributed by atoms with Gasteiger partial charge in [-0.15, -0.1) is 0 Å². The minimum atomic E-state index is -0.506. The van der Waals surface area contributed by atoms with Crippen molar-refractivity contribution in [2.24, 2.45) is 5.92 Å². The largest absolute Gasteiger partial charge is 0.491 e. The predicted molar refractivity (Wildman–Crippen MR) is 103 cm³/mol. The molecule has 26 heavy (non-hydrogen) atoms. The maximum Gasteiger partial charge on any atom is 0.193 e. The van der Waals surface area contributed by atoms with Gasteiger partial charge in [0.25, 0.3) is 0 Å². The molecule has 1 aliphatic heterocycles. The quantitative estimate of drug-likeness (QED) is 0.775. The van der Waals surface area contributed by atoms with Gasteiger partial charge >= 0.3 is 0 Å². The van der Waals surface area contributed by atoms with Crippen molar-refractivity contribution in [3.63, 3.8) is 0 Å². The van der Waals surface area contributed by atoms with Gasteiger partial charge < -0.3 is 14.7 Å². The predicted octanol–water partition coefficient (Wildman–Crippen LogP) is 3.39. The molecule has 0 spiro atoms. The highest BCUT2D eigenvalue weighted by Crippen LogP contribution is 2.17. The normalized spacial score (nSPS) is 17.0. The van der Waals surface area contributed by atoms with Crippen molar-refractivity contribution in [3.8, 4) is 5.75 Å². The first-order chi connectivity index (χ1) is 12.6. The molecule has 0 unspecified atom stereocenters. The maximum atomic E-state index is 12.4. The Labute approximate surface area is 155 Å². The Bertz CT molecular complexity index is 691. The van der Waals surface area contributed by atoms with Crippen molar-refractivity contribution >= 4 is 5.78 Å². The number of benzene rings is 2. The summed E-state index contributed by atoms with van der Waals surface area (Å²) < 4.78 is 5.68.